The average molecular weight is 244 g/mol. The van der Waals surface area contributed by atoms with Gasteiger partial charge in [0.15, 0.2) is 0 Å². The van der Waals surface area contributed by atoms with Crippen molar-refractivity contribution in [1.82, 2.24) is 20.3 Å². The Morgan fingerprint density at radius 2 is 1.94 bits per heavy atom. The molecule has 96 valence electrons. The predicted octanol–water partition coefficient (Wildman–Crippen LogP) is 2.46. The van der Waals surface area contributed by atoms with Crippen LogP contribution in [0.2, 0.25) is 0 Å². The van der Waals surface area contributed by atoms with Gasteiger partial charge in [-0.3, -0.25) is 0 Å². The van der Waals surface area contributed by atoms with E-state index in [0.717, 1.165) is 31.7 Å². The molecule has 1 heterocycles. The minimum absolute atomic E-state index is 0.911. The molecule has 0 saturated heterocycles. The summed E-state index contributed by atoms with van der Waals surface area (Å²) in [6.45, 7) is 7.08. The van der Waals surface area contributed by atoms with Crippen molar-refractivity contribution in [1.29, 1.82) is 0 Å². The smallest absolute Gasteiger partial charge is 0.0885 e. The number of hydrogen-bond donors (Lipinski definition) is 1. The third kappa shape index (κ3) is 2.96. The van der Waals surface area contributed by atoms with Crippen LogP contribution in [0.15, 0.2) is 30.5 Å². The molecule has 0 aliphatic heterocycles. The fourth-order valence-electron chi connectivity index (χ4n) is 1.92. The van der Waals surface area contributed by atoms with Crippen molar-refractivity contribution in [2.75, 3.05) is 6.54 Å². The van der Waals surface area contributed by atoms with Crippen LogP contribution in [-0.2, 0) is 13.1 Å². The first-order valence-electron chi connectivity index (χ1n) is 6.53. The molecule has 2 rings (SSSR count). The van der Waals surface area contributed by atoms with E-state index in [-0.39, 0.29) is 0 Å². The first-order valence-corrected chi connectivity index (χ1v) is 6.53. The highest BCUT2D eigenvalue weighted by Gasteiger charge is 2.05. The van der Waals surface area contributed by atoms with Gasteiger partial charge in [-0.2, -0.15) is 0 Å². The summed E-state index contributed by atoms with van der Waals surface area (Å²) in [6.07, 6.45) is 2.89. The molecule has 1 N–H and O–H groups in total. The molecule has 0 radical (unpaired) electrons. The second-order valence-corrected chi connectivity index (χ2v) is 4.32. The van der Waals surface area contributed by atoms with Crippen LogP contribution in [0.4, 0.5) is 0 Å². The minimum Gasteiger partial charge on any atom is -0.313 e. The average Bonchev–Trinajstić information content (AvgIpc) is 2.86. The molecule has 0 aliphatic carbocycles. The summed E-state index contributed by atoms with van der Waals surface area (Å²) in [4.78, 5) is 0. The molecule has 4 heteroatoms. The molecule has 0 saturated carbocycles. The third-order valence-corrected chi connectivity index (χ3v) is 2.88. The number of nitrogens with zero attached hydrogens (tertiary/aromatic N) is 3. The van der Waals surface area contributed by atoms with Crippen molar-refractivity contribution in [3.63, 3.8) is 0 Å². The lowest BCUT2D eigenvalue weighted by Crippen LogP contribution is -2.11. The highest BCUT2D eigenvalue weighted by atomic mass is 15.4. The Bertz CT molecular complexity index is 473. The third-order valence-electron chi connectivity index (χ3n) is 2.88. The lowest BCUT2D eigenvalue weighted by atomic mass is 10.1. The van der Waals surface area contributed by atoms with Gasteiger partial charge in [0.1, 0.15) is 0 Å². The van der Waals surface area contributed by atoms with Gasteiger partial charge in [-0.15, -0.1) is 5.10 Å². The van der Waals surface area contributed by atoms with Gasteiger partial charge in [-0.1, -0.05) is 43.3 Å². The number of benzene rings is 1. The van der Waals surface area contributed by atoms with Crippen molar-refractivity contribution in [2.45, 2.75) is 33.4 Å². The van der Waals surface area contributed by atoms with Gasteiger partial charge < -0.3 is 5.32 Å². The molecule has 0 spiro atoms. The van der Waals surface area contributed by atoms with E-state index in [4.69, 9.17) is 0 Å². The molecule has 0 unspecified atom stereocenters. The number of rotatable bonds is 6. The number of aromatic nitrogens is 3. The Morgan fingerprint density at radius 1 is 1.17 bits per heavy atom. The van der Waals surface area contributed by atoms with Gasteiger partial charge in [-0.25, -0.2) is 4.68 Å². The van der Waals surface area contributed by atoms with E-state index in [2.05, 4.69) is 53.7 Å². The molecule has 4 nitrogen and oxygen atoms in total. The van der Waals surface area contributed by atoms with E-state index < -0.39 is 0 Å². The zero-order chi connectivity index (χ0) is 12.8. The maximum absolute atomic E-state index is 4.11. The molecule has 18 heavy (non-hydrogen) atoms. The SMILES string of the molecule is CCCn1nncc1-c1ccc(CNCC)cc1. The van der Waals surface area contributed by atoms with E-state index in [1.54, 1.807) is 0 Å². The predicted molar refractivity (Wildman–Crippen MR) is 73.1 cm³/mol. The lowest BCUT2D eigenvalue weighted by molar-refractivity contribution is 0.584. The lowest BCUT2D eigenvalue weighted by Gasteiger charge is -2.06. The Hall–Kier alpha value is -1.68. The van der Waals surface area contributed by atoms with Gasteiger partial charge in [0.05, 0.1) is 11.9 Å². The van der Waals surface area contributed by atoms with Gasteiger partial charge in [0.25, 0.3) is 0 Å². The fourth-order valence-corrected chi connectivity index (χ4v) is 1.92. The van der Waals surface area contributed by atoms with Crippen LogP contribution < -0.4 is 5.32 Å². The van der Waals surface area contributed by atoms with Crippen LogP contribution in [0, 0.1) is 0 Å². The number of nitrogens with one attached hydrogen (secondary N) is 1. The first-order chi connectivity index (χ1) is 8.85. The highest BCUT2D eigenvalue weighted by molar-refractivity contribution is 5.58. The molecular weight excluding hydrogens is 224 g/mol. The molecule has 0 fully saturated rings. The second-order valence-electron chi connectivity index (χ2n) is 4.32. The summed E-state index contributed by atoms with van der Waals surface area (Å²) in [5.41, 5.74) is 3.57. The van der Waals surface area contributed by atoms with E-state index in [1.165, 1.54) is 11.1 Å². The minimum atomic E-state index is 0.911. The number of hydrogen-bond acceptors (Lipinski definition) is 3. The van der Waals surface area contributed by atoms with E-state index in [0.29, 0.717) is 0 Å². The standard InChI is InChI=1S/C14H20N4/c1-3-9-18-14(11-16-17-18)13-7-5-12(6-8-13)10-15-4-2/h5-8,11,15H,3-4,9-10H2,1-2H3. The van der Waals surface area contributed by atoms with Crippen molar-refractivity contribution >= 4 is 0 Å². The quantitative estimate of drug-likeness (QED) is 0.848. The number of aryl methyl sites for hydroxylation is 1. The van der Waals surface area contributed by atoms with Gasteiger partial charge >= 0.3 is 0 Å². The summed E-state index contributed by atoms with van der Waals surface area (Å²) in [5.74, 6) is 0. The van der Waals surface area contributed by atoms with E-state index >= 15 is 0 Å². The van der Waals surface area contributed by atoms with Crippen molar-refractivity contribution in [3.05, 3.63) is 36.0 Å². The van der Waals surface area contributed by atoms with Crippen molar-refractivity contribution < 1.29 is 0 Å². The maximum atomic E-state index is 4.11. The Balaban J connectivity index is 2.15. The summed E-state index contributed by atoms with van der Waals surface area (Å²) in [5, 5.41) is 11.4. The zero-order valence-electron chi connectivity index (χ0n) is 11.1. The fraction of sp³-hybridized carbons (Fsp3) is 0.429. The Labute approximate surface area is 108 Å². The molecule has 1 aromatic heterocycles. The van der Waals surface area contributed by atoms with Crippen LogP contribution in [0.25, 0.3) is 11.3 Å². The van der Waals surface area contributed by atoms with Crippen LogP contribution in [0.3, 0.4) is 0 Å². The van der Waals surface area contributed by atoms with Crippen LogP contribution in [0.5, 0.6) is 0 Å². The Morgan fingerprint density at radius 3 is 2.61 bits per heavy atom. The van der Waals surface area contributed by atoms with E-state index in [9.17, 15) is 0 Å². The van der Waals surface area contributed by atoms with Crippen LogP contribution in [0.1, 0.15) is 25.8 Å². The zero-order valence-corrected chi connectivity index (χ0v) is 11.1. The molecule has 2 aromatic rings. The normalized spacial score (nSPS) is 10.8. The monoisotopic (exact) mass is 244 g/mol. The summed E-state index contributed by atoms with van der Waals surface area (Å²) < 4.78 is 1.96. The van der Waals surface area contributed by atoms with Crippen LogP contribution >= 0.6 is 0 Å². The van der Waals surface area contributed by atoms with Gasteiger partial charge in [-0.05, 0) is 18.5 Å². The summed E-state index contributed by atoms with van der Waals surface area (Å²) >= 11 is 0. The molecule has 0 aliphatic rings. The summed E-state index contributed by atoms with van der Waals surface area (Å²) in [7, 11) is 0. The second kappa shape index (κ2) is 6.31. The Kier molecular flexibility index (Phi) is 4.47. The molecule has 0 amide bonds. The van der Waals surface area contributed by atoms with Gasteiger partial charge in [0.2, 0.25) is 0 Å². The van der Waals surface area contributed by atoms with Crippen LogP contribution in [-0.4, -0.2) is 21.5 Å². The molecule has 1 aromatic carbocycles. The molecular formula is C14H20N4. The highest BCUT2D eigenvalue weighted by Crippen LogP contribution is 2.18. The van der Waals surface area contributed by atoms with Gasteiger partial charge in [0, 0.05) is 18.7 Å². The summed E-state index contributed by atoms with van der Waals surface area (Å²) in [6, 6.07) is 8.58. The van der Waals surface area contributed by atoms with Crippen molar-refractivity contribution in [3.8, 4) is 11.3 Å². The maximum Gasteiger partial charge on any atom is 0.0885 e. The largest absolute Gasteiger partial charge is 0.313 e. The molecule has 0 atom stereocenters. The topological polar surface area (TPSA) is 42.7 Å². The first kappa shape index (κ1) is 12.8. The van der Waals surface area contributed by atoms with Crippen molar-refractivity contribution in [2.24, 2.45) is 0 Å². The van der Waals surface area contributed by atoms with E-state index in [1.807, 2.05) is 10.9 Å². The molecule has 0 bridgehead atoms.